The molecule has 0 unspecified atom stereocenters. The molecular formula is C21H23F2NO5S. The van der Waals surface area contributed by atoms with Gasteiger partial charge in [-0.15, -0.1) is 0 Å². The lowest BCUT2D eigenvalue weighted by molar-refractivity contribution is -0.0719. The Bertz CT molecular complexity index is 1080. The molecule has 0 aromatic heterocycles. The van der Waals surface area contributed by atoms with E-state index in [4.69, 9.17) is 4.74 Å². The highest BCUT2D eigenvalue weighted by Crippen LogP contribution is 2.35. The van der Waals surface area contributed by atoms with Gasteiger partial charge in [-0.25, -0.2) is 17.2 Å². The fourth-order valence-electron chi connectivity index (χ4n) is 3.31. The van der Waals surface area contributed by atoms with Crippen LogP contribution in [0.2, 0.25) is 0 Å². The van der Waals surface area contributed by atoms with Crippen molar-refractivity contribution in [3.05, 3.63) is 53.1 Å². The van der Waals surface area contributed by atoms with Crippen LogP contribution < -0.4 is 9.64 Å². The number of halogens is 2. The van der Waals surface area contributed by atoms with Gasteiger partial charge in [0.1, 0.15) is 5.75 Å². The summed E-state index contributed by atoms with van der Waals surface area (Å²) in [5, 5.41) is 9.53. The maximum Gasteiger partial charge on any atom is 0.281 e. The van der Waals surface area contributed by atoms with Crippen molar-refractivity contribution in [1.29, 1.82) is 0 Å². The Kier molecular flexibility index (Phi) is 5.88. The maximum atomic E-state index is 13.6. The Balaban J connectivity index is 2.07. The van der Waals surface area contributed by atoms with Gasteiger partial charge in [-0.2, -0.15) is 0 Å². The highest BCUT2D eigenvalue weighted by Gasteiger charge is 2.34. The van der Waals surface area contributed by atoms with E-state index in [1.54, 1.807) is 18.2 Å². The molecule has 3 rings (SSSR count). The zero-order valence-corrected chi connectivity index (χ0v) is 17.7. The highest BCUT2D eigenvalue weighted by molar-refractivity contribution is 7.90. The van der Waals surface area contributed by atoms with E-state index in [9.17, 15) is 27.1 Å². The normalized spacial score (nSPS) is 15.1. The number of aliphatic hydroxyl groups is 1. The second-order valence-corrected chi connectivity index (χ2v) is 9.44. The average molecular weight is 439 g/mol. The number of carbonyl (C=O) groups excluding carboxylic acids is 1. The number of ether oxygens (including phenoxy) is 1. The fraction of sp³-hybridized carbons (Fsp3) is 0.381. The number of aliphatic hydroxyl groups excluding tert-OH is 1. The number of fused-ring (bicyclic) bond motifs is 1. The van der Waals surface area contributed by atoms with Gasteiger partial charge >= 0.3 is 0 Å². The standard InChI is InChI=1S/C21H23F2NO5S/c1-13(21(2,22)23)29-19-8-7-15(30(3,27)28)11-17(19)20(26)24-10-9-16-14(12-25)5-4-6-18(16)24/h4-8,11,13,25H,9-10,12H2,1-3H3/t13-/m0/s1. The van der Waals surface area contributed by atoms with E-state index in [0.717, 1.165) is 17.9 Å². The topological polar surface area (TPSA) is 83.9 Å². The summed E-state index contributed by atoms with van der Waals surface area (Å²) in [7, 11) is -3.63. The van der Waals surface area contributed by atoms with Crippen molar-refractivity contribution >= 4 is 21.4 Å². The summed E-state index contributed by atoms with van der Waals surface area (Å²) in [6.07, 6.45) is -0.0121. The van der Waals surface area contributed by atoms with Crippen LogP contribution in [0, 0.1) is 0 Å². The SMILES string of the molecule is C[C@H](Oc1ccc(S(C)(=O)=O)cc1C(=O)N1CCc2c(CO)cccc21)C(C)(F)F. The number of rotatable bonds is 6. The fourth-order valence-corrected chi connectivity index (χ4v) is 3.96. The number of benzene rings is 2. The summed E-state index contributed by atoms with van der Waals surface area (Å²) in [4.78, 5) is 14.7. The molecule has 2 aromatic carbocycles. The third kappa shape index (κ3) is 4.32. The molecule has 9 heteroatoms. The second kappa shape index (κ2) is 7.96. The van der Waals surface area contributed by atoms with Gasteiger partial charge < -0.3 is 14.7 Å². The van der Waals surface area contributed by atoms with E-state index >= 15 is 0 Å². The molecule has 0 spiro atoms. The van der Waals surface area contributed by atoms with Crippen LogP contribution in [-0.4, -0.2) is 44.3 Å². The highest BCUT2D eigenvalue weighted by atomic mass is 32.2. The van der Waals surface area contributed by atoms with Crippen LogP contribution in [-0.2, 0) is 22.9 Å². The molecule has 0 fully saturated rings. The summed E-state index contributed by atoms with van der Waals surface area (Å²) in [6.45, 7) is 2.02. The lowest BCUT2D eigenvalue weighted by Crippen LogP contribution is -2.34. The Morgan fingerprint density at radius 1 is 1.30 bits per heavy atom. The van der Waals surface area contributed by atoms with Gasteiger partial charge in [0.2, 0.25) is 0 Å². The van der Waals surface area contributed by atoms with Gasteiger partial charge in [-0.05, 0) is 48.7 Å². The Morgan fingerprint density at radius 3 is 2.60 bits per heavy atom. The average Bonchev–Trinajstić information content (AvgIpc) is 3.10. The number of carbonyl (C=O) groups is 1. The minimum Gasteiger partial charge on any atom is -0.484 e. The molecule has 1 amide bonds. The maximum absolute atomic E-state index is 13.6. The molecule has 1 aliphatic rings. The summed E-state index contributed by atoms with van der Waals surface area (Å²) in [6, 6.07) is 8.80. The zero-order chi connectivity index (χ0) is 22.3. The van der Waals surface area contributed by atoms with Crippen molar-refractivity contribution in [2.75, 3.05) is 17.7 Å². The molecule has 2 aromatic rings. The van der Waals surface area contributed by atoms with E-state index < -0.39 is 27.8 Å². The monoisotopic (exact) mass is 439 g/mol. The first-order valence-electron chi connectivity index (χ1n) is 9.35. The van der Waals surface area contributed by atoms with E-state index in [1.807, 2.05) is 0 Å². The number of sulfone groups is 1. The predicted octanol–water partition coefficient (Wildman–Crippen LogP) is 3.21. The molecule has 1 aliphatic heterocycles. The summed E-state index contributed by atoms with van der Waals surface area (Å²) < 4.78 is 56.6. The first-order chi connectivity index (χ1) is 13.9. The summed E-state index contributed by atoms with van der Waals surface area (Å²) >= 11 is 0. The minimum atomic E-state index is -3.63. The molecule has 0 saturated heterocycles. The second-order valence-electron chi connectivity index (χ2n) is 7.43. The molecule has 1 heterocycles. The van der Waals surface area contributed by atoms with E-state index in [-0.39, 0.29) is 22.8 Å². The van der Waals surface area contributed by atoms with Crippen molar-refractivity contribution in [3.8, 4) is 5.75 Å². The Hall–Kier alpha value is -2.52. The molecule has 162 valence electrons. The van der Waals surface area contributed by atoms with Crippen molar-refractivity contribution in [2.24, 2.45) is 0 Å². The summed E-state index contributed by atoms with van der Waals surface area (Å²) in [5.74, 6) is -3.84. The van der Waals surface area contributed by atoms with Gasteiger partial charge in [0.25, 0.3) is 11.8 Å². The van der Waals surface area contributed by atoms with Crippen LogP contribution in [0.4, 0.5) is 14.5 Å². The number of anilines is 1. The number of nitrogens with zero attached hydrogens (tertiary/aromatic N) is 1. The Morgan fingerprint density at radius 2 is 2.00 bits per heavy atom. The molecule has 0 bridgehead atoms. The molecule has 0 radical (unpaired) electrons. The van der Waals surface area contributed by atoms with Crippen LogP contribution >= 0.6 is 0 Å². The first-order valence-corrected chi connectivity index (χ1v) is 11.2. The number of hydrogen-bond acceptors (Lipinski definition) is 5. The van der Waals surface area contributed by atoms with Gasteiger partial charge in [0.05, 0.1) is 17.1 Å². The van der Waals surface area contributed by atoms with Gasteiger partial charge in [0.15, 0.2) is 15.9 Å². The van der Waals surface area contributed by atoms with E-state index in [0.29, 0.717) is 31.1 Å². The predicted molar refractivity (Wildman–Crippen MR) is 108 cm³/mol. The zero-order valence-electron chi connectivity index (χ0n) is 16.9. The quantitative estimate of drug-likeness (QED) is 0.747. The third-order valence-electron chi connectivity index (χ3n) is 5.17. The van der Waals surface area contributed by atoms with Crippen molar-refractivity contribution in [2.45, 2.75) is 43.8 Å². The largest absolute Gasteiger partial charge is 0.484 e. The van der Waals surface area contributed by atoms with Crippen LogP contribution in [0.5, 0.6) is 5.75 Å². The van der Waals surface area contributed by atoms with Crippen LogP contribution in [0.15, 0.2) is 41.3 Å². The van der Waals surface area contributed by atoms with Crippen LogP contribution in [0.1, 0.15) is 35.3 Å². The van der Waals surface area contributed by atoms with Crippen molar-refractivity contribution in [1.82, 2.24) is 0 Å². The van der Waals surface area contributed by atoms with Gasteiger partial charge in [-0.3, -0.25) is 4.79 Å². The molecule has 6 nitrogen and oxygen atoms in total. The van der Waals surface area contributed by atoms with Crippen molar-refractivity contribution in [3.63, 3.8) is 0 Å². The van der Waals surface area contributed by atoms with Crippen LogP contribution in [0.25, 0.3) is 0 Å². The third-order valence-corrected chi connectivity index (χ3v) is 6.28. The molecule has 1 N–H and O–H groups in total. The minimum absolute atomic E-state index is 0.113. The Labute approximate surface area is 174 Å². The molecule has 0 aliphatic carbocycles. The smallest absolute Gasteiger partial charge is 0.281 e. The number of alkyl halides is 2. The molecular weight excluding hydrogens is 416 g/mol. The van der Waals surface area contributed by atoms with E-state index in [2.05, 4.69) is 0 Å². The first kappa shape index (κ1) is 22.2. The lowest BCUT2D eigenvalue weighted by atomic mass is 10.1. The van der Waals surface area contributed by atoms with Gasteiger partial charge in [0, 0.05) is 25.4 Å². The number of hydrogen-bond donors (Lipinski definition) is 1. The van der Waals surface area contributed by atoms with Crippen molar-refractivity contribution < 1.29 is 31.8 Å². The molecule has 1 atom stereocenters. The molecule has 30 heavy (non-hydrogen) atoms. The lowest BCUT2D eigenvalue weighted by Gasteiger charge is -2.24. The number of amides is 1. The van der Waals surface area contributed by atoms with E-state index in [1.165, 1.54) is 24.0 Å². The van der Waals surface area contributed by atoms with Gasteiger partial charge in [-0.1, -0.05) is 12.1 Å². The van der Waals surface area contributed by atoms with Crippen LogP contribution in [0.3, 0.4) is 0 Å². The molecule has 0 saturated carbocycles. The summed E-state index contributed by atoms with van der Waals surface area (Å²) in [5.41, 5.74) is 2.00.